The van der Waals surface area contributed by atoms with Gasteiger partial charge in [0.2, 0.25) is 23.6 Å². The standard InChI is InChI=1S/C21H39N5O7S/c1-9(2)7-14(19(30)26-16(12(6)27)21(32)33)24-20(31)15(10(3)4)25-17(28)11(5)23-18(29)13(22)8-34/h9-16,27,34H,7-8,22H2,1-6H3,(H,23,29)(H,24,31)(H,25,28)(H,26,30)(H,32,33)/t11-,12+,13-,14-,15-,16-/m0/s1. The van der Waals surface area contributed by atoms with Crippen molar-refractivity contribution >= 4 is 42.2 Å². The molecule has 0 unspecified atom stereocenters. The van der Waals surface area contributed by atoms with E-state index in [0.717, 1.165) is 0 Å². The topological polar surface area (TPSA) is 200 Å². The van der Waals surface area contributed by atoms with Crippen LogP contribution < -0.4 is 27.0 Å². The van der Waals surface area contributed by atoms with E-state index in [1.807, 2.05) is 13.8 Å². The quantitative estimate of drug-likeness (QED) is 0.129. The van der Waals surface area contributed by atoms with Gasteiger partial charge in [-0.2, -0.15) is 12.6 Å². The summed E-state index contributed by atoms with van der Waals surface area (Å²) < 4.78 is 0. The van der Waals surface area contributed by atoms with Crippen LogP contribution in [0.25, 0.3) is 0 Å². The highest BCUT2D eigenvalue weighted by atomic mass is 32.1. The van der Waals surface area contributed by atoms with Gasteiger partial charge in [0.05, 0.1) is 12.1 Å². The van der Waals surface area contributed by atoms with Crippen molar-refractivity contribution in [3.8, 4) is 0 Å². The smallest absolute Gasteiger partial charge is 0.328 e. The Balaban J connectivity index is 5.45. The second kappa shape index (κ2) is 14.8. The highest BCUT2D eigenvalue weighted by Gasteiger charge is 2.33. The molecule has 0 saturated carbocycles. The number of aliphatic carboxylic acids is 1. The first-order valence-electron chi connectivity index (χ1n) is 11.1. The van der Waals surface area contributed by atoms with Gasteiger partial charge in [-0.25, -0.2) is 4.79 Å². The molecular weight excluding hydrogens is 466 g/mol. The SMILES string of the molecule is CC(C)C[C@H](NC(=O)[C@@H](NC(=O)[C@H](C)NC(=O)[C@@H](N)CS)C(C)C)C(=O)N[C@H](C(=O)O)[C@@H](C)O. The monoisotopic (exact) mass is 505 g/mol. The molecule has 0 aromatic rings. The molecule has 0 rings (SSSR count). The summed E-state index contributed by atoms with van der Waals surface area (Å²) in [6.45, 7) is 9.67. The molecule has 12 nitrogen and oxygen atoms in total. The minimum Gasteiger partial charge on any atom is -0.480 e. The van der Waals surface area contributed by atoms with Gasteiger partial charge in [-0.05, 0) is 32.1 Å². The number of carboxylic acid groups (broad SMARTS) is 1. The summed E-state index contributed by atoms with van der Waals surface area (Å²) in [6.07, 6.45) is -1.16. The van der Waals surface area contributed by atoms with Crippen LogP contribution in [0.2, 0.25) is 0 Å². The molecule has 6 atom stereocenters. The maximum Gasteiger partial charge on any atom is 0.328 e. The minimum atomic E-state index is -1.55. The molecule has 0 aromatic heterocycles. The Morgan fingerprint density at radius 3 is 1.74 bits per heavy atom. The molecule has 0 aromatic carbocycles. The third kappa shape index (κ3) is 10.7. The third-order valence-corrected chi connectivity index (χ3v) is 5.31. The van der Waals surface area contributed by atoms with Crippen LogP contribution in [0.4, 0.5) is 0 Å². The van der Waals surface area contributed by atoms with Crippen molar-refractivity contribution < 1.29 is 34.2 Å². The molecule has 34 heavy (non-hydrogen) atoms. The summed E-state index contributed by atoms with van der Waals surface area (Å²) in [7, 11) is 0. The number of rotatable bonds is 14. The van der Waals surface area contributed by atoms with Crippen molar-refractivity contribution in [2.24, 2.45) is 17.6 Å². The van der Waals surface area contributed by atoms with E-state index in [9.17, 15) is 34.2 Å². The molecule has 0 aliphatic rings. The predicted molar refractivity (Wildman–Crippen MR) is 129 cm³/mol. The summed E-state index contributed by atoms with van der Waals surface area (Å²) in [6, 6.07) is -5.57. The number of carboxylic acids is 1. The zero-order valence-corrected chi connectivity index (χ0v) is 21.4. The third-order valence-electron chi connectivity index (χ3n) is 4.92. The predicted octanol–water partition coefficient (Wildman–Crippen LogP) is -1.63. The van der Waals surface area contributed by atoms with E-state index in [-0.39, 0.29) is 24.0 Å². The van der Waals surface area contributed by atoms with Crippen LogP contribution in [0, 0.1) is 11.8 Å². The first-order valence-corrected chi connectivity index (χ1v) is 11.7. The number of aliphatic hydroxyl groups excluding tert-OH is 1. The molecule has 0 aliphatic carbocycles. The Morgan fingerprint density at radius 2 is 1.32 bits per heavy atom. The number of aliphatic hydroxyl groups is 1. The number of carbonyl (C=O) groups is 5. The van der Waals surface area contributed by atoms with Gasteiger partial charge >= 0.3 is 5.97 Å². The van der Waals surface area contributed by atoms with Gasteiger partial charge in [0.15, 0.2) is 6.04 Å². The number of carbonyl (C=O) groups excluding carboxylic acids is 4. The fourth-order valence-electron chi connectivity index (χ4n) is 2.89. The Kier molecular flexibility index (Phi) is 13.8. The van der Waals surface area contributed by atoms with Gasteiger partial charge in [-0.1, -0.05) is 27.7 Å². The van der Waals surface area contributed by atoms with Gasteiger partial charge < -0.3 is 37.2 Å². The van der Waals surface area contributed by atoms with Crippen molar-refractivity contribution in [3.63, 3.8) is 0 Å². The summed E-state index contributed by atoms with van der Waals surface area (Å²) in [5.74, 6) is -4.36. The fraction of sp³-hybridized carbons (Fsp3) is 0.762. The summed E-state index contributed by atoms with van der Waals surface area (Å²) >= 11 is 3.93. The number of amides is 4. The van der Waals surface area contributed by atoms with E-state index in [0.29, 0.717) is 0 Å². The highest BCUT2D eigenvalue weighted by molar-refractivity contribution is 7.80. The van der Waals surface area contributed by atoms with Gasteiger partial charge in [0.25, 0.3) is 0 Å². The number of thiol groups is 1. The Labute approximate surface area is 205 Å². The first kappa shape index (κ1) is 31.6. The number of nitrogens with one attached hydrogen (secondary N) is 4. The Bertz CT molecular complexity index is 732. The van der Waals surface area contributed by atoms with E-state index in [4.69, 9.17) is 5.73 Å². The lowest BCUT2D eigenvalue weighted by Gasteiger charge is -2.28. The molecule has 0 radical (unpaired) electrons. The van der Waals surface area contributed by atoms with Crippen molar-refractivity contribution in [1.29, 1.82) is 0 Å². The molecule has 0 heterocycles. The molecule has 196 valence electrons. The van der Waals surface area contributed by atoms with Gasteiger partial charge in [0.1, 0.15) is 18.1 Å². The largest absolute Gasteiger partial charge is 0.480 e. The average Bonchev–Trinajstić information content (AvgIpc) is 2.72. The zero-order valence-electron chi connectivity index (χ0n) is 20.5. The van der Waals surface area contributed by atoms with Gasteiger partial charge in [0, 0.05) is 5.75 Å². The highest BCUT2D eigenvalue weighted by Crippen LogP contribution is 2.09. The van der Waals surface area contributed by atoms with Crippen LogP contribution in [-0.4, -0.2) is 81.9 Å². The lowest BCUT2D eigenvalue weighted by atomic mass is 9.99. The van der Waals surface area contributed by atoms with Crippen LogP contribution in [-0.2, 0) is 24.0 Å². The zero-order chi connectivity index (χ0) is 26.7. The molecule has 0 bridgehead atoms. The number of nitrogens with two attached hydrogens (primary N) is 1. The van der Waals surface area contributed by atoms with Crippen molar-refractivity contribution in [2.75, 3.05) is 5.75 Å². The summed E-state index contributed by atoms with van der Waals surface area (Å²) in [5.41, 5.74) is 5.58. The average molecular weight is 506 g/mol. The van der Waals surface area contributed by atoms with Crippen LogP contribution in [0.5, 0.6) is 0 Å². The summed E-state index contributed by atoms with van der Waals surface area (Å²) in [5, 5.41) is 28.6. The fourth-order valence-corrected chi connectivity index (χ4v) is 3.05. The molecule has 13 heteroatoms. The second-order valence-corrected chi connectivity index (χ2v) is 9.37. The molecule has 8 N–H and O–H groups in total. The van der Waals surface area contributed by atoms with E-state index >= 15 is 0 Å². The van der Waals surface area contributed by atoms with Gasteiger partial charge in [-0.15, -0.1) is 0 Å². The Morgan fingerprint density at radius 1 is 0.794 bits per heavy atom. The summed E-state index contributed by atoms with van der Waals surface area (Å²) in [4.78, 5) is 61.5. The molecule has 0 fully saturated rings. The van der Waals surface area contributed by atoms with Gasteiger partial charge in [-0.3, -0.25) is 19.2 Å². The van der Waals surface area contributed by atoms with Crippen molar-refractivity contribution in [1.82, 2.24) is 21.3 Å². The minimum absolute atomic E-state index is 0.0377. The lowest BCUT2D eigenvalue weighted by Crippen LogP contribution is -2.60. The molecule has 0 spiro atoms. The van der Waals surface area contributed by atoms with E-state index in [1.165, 1.54) is 13.8 Å². The van der Waals surface area contributed by atoms with Crippen LogP contribution in [0.15, 0.2) is 0 Å². The molecule has 0 saturated heterocycles. The van der Waals surface area contributed by atoms with Crippen LogP contribution >= 0.6 is 12.6 Å². The maximum absolute atomic E-state index is 13.0. The number of hydrogen-bond donors (Lipinski definition) is 8. The van der Waals surface area contributed by atoms with Crippen LogP contribution in [0.1, 0.15) is 48.0 Å². The van der Waals surface area contributed by atoms with E-state index in [2.05, 4.69) is 33.9 Å². The normalized spacial score (nSPS) is 16.6. The molecule has 4 amide bonds. The van der Waals surface area contributed by atoms with Crippen molar-refractivity contribution in [3.05, 3.63) is 0 Å². The lowest BCUT2D eigenvalue weighted by molar-refractivity contribution is -0.145. The molecular formula is C21H39N5O7S. The maximum atomic E-state index is 13.0. The molecule has 0 aliphatic heterocycles. The van der Waals surface area contributed by atoms with E-state index in [1.54, 1.807) is 13.8 Å². The van der Waals surface area contributed by atoms with Crippen LogP contribution in [0.3, 0.4) is 0 Å². The Hall–Kier alpha value is -2.38. The first-order chi connectivity index (χ1) is 15.6. The number of hydrogen-bond acceptors (Lipinski definition) is 8. The second-order valence-electron chi connectivity index (χ2n) is 9.01. The van der Waals surface area contributed by atoms with Crippen molar-refractivity contribution in [2.45, 2.75) is 84.3 Å². The van der Waals surface area contributed by atoms with E-state index < -0.39 is 65.9 Å².